The summed E-state index contributed by atoms with van der Waals surface area (Å²) in [5, 5.41) is 8.72. The van der Waals surface area contributed by atoms with Crippen molar-refractivity contribution in [3.63, 3.8) is 0 Å². The number of alkyl halides is 2. The monoisotopic (exact) mass is 218 g/mol. The van der Waals surface area contributed by atoms with Crippen LogP contribution in [0, 0.1) is 0 Å². The van der Waals surface area contributed by atoms with Crippen LogP contribution in [0.5, 0.6) is 5.88 Å². The van der Waals surface area contributed by atoms with Crippen LogP contribution in [0.2, 0.25) is 0 Å². The number of nitrogens with two attached hydrogens (primary N) is 1. The molecule has 5 nitrogen and oxygen atoms in total. The van der Waals surface area contributed by atoms with E-state index in [1.165, 1.54) is 0 Å². The number of carboxylic acids is 1. The van der Waals surface area contributed by atoms with Gasteiger partial charge in [-0.1, -0.05) is 0 Å². The molecule has 0 bridgehead atoms. The number of carboxylic acid groups (broad SMARTS) is 1. The number of carbonyl (C=O) groups is 1. The number of aromatic carboxylic acids is 1. The minimum Gasteiger partial charge on any atom is -0.481 e. The lowest BCUT2D eigenvalue weighted by Crippen LogP contribution is -2.10. The van der Waals surface area contributed by atoms with Crippen molar-refractivity contribution in [2.24, 2.45) is 0 Å². The van der Waals surface area contributed by atoms with E-state index in [0.717, 1.165) is 13.3 Å². The zero-order chi connectivity index (χ0) is 11.6. The highest BCUT2D eigenvalue weighted by Gasteiger charge is 2.26. The molecule has 0 aromatic carbocycles. The first kappa shape index (κ1) is 11.2. The Labute approximate surface area is 83.5 Å². The number of halogens is 2. The van der Waals surface area contributed by atoms with E-state index < -0.39 is 29.4 Å². The Morgan fingerprint density at radius 1 is 1.67 bits per heavy atom. The summed E-state index contributed by atoms with van der Waals surface area (Å²) >= 11 is 0. The summed E-state index contributed by atoms with van der Waals surface area (Å²) in [5.74, 6) is -1.97. The van der Waals surface area contributed by atoms with Crippen molar-refractivity contribution in [2.45, 2.75) is 6.43 Å². The minimum atomic E-state index is -3.01. The topological polar surface area (TPSA) is 85.4 Å². The summed E-state index contributed by atoms with van der Waals surface area (Å²) in [6, 6.07) is 0. The second kappa shape index (κ2) is 4.07. The van der Waals surface area contributed by atoms with Gasteiger partial charge in [0, 0.05) is 0 Å². The third-order valence-electron chi connectivity index (χ3n) is 1.73. The molecular weight excluding hydrogens is 210 g/mol. The quantitative estimate of drug-likeness (QED) is 0.798. The van der Waals surface area contributed by atoms with Crippen molar-refractivity contribution >= 4 is 11.7 Å². The van der Waals surface area contributed by atoms with Crippen molar-refractivity contribution in [3.8, 4) is 5.88 Å². The smallest absolute Gasteiger partial charge is 0.338 e. The number of hydrogen-bond acceptors (Lipinski definition) is 4. The zero-order valence-electron chi connectivity index (χ0n) is 7.70. The van der Waals surface area contributed by atoms with Gasteiger partial charge in [-0.15, -0.1) is 0 Å². The van der Waals surface area contributed by atoms with Crippen LogP contribution in [0.3, 0.4) is 0 Å². The molecule has 0 aliphatic carbocycles. The summed E-state index contributed by atoms with van der Waals surface area (Å²) < 4.78 is 29.7. The molecule has 0 saturated carbocycles. The van der Waals surface area contributed by atoms with Gasteiger partial charge in [0.2, 0.25) is 5.88 Å². The fourth-order valence-electron chi connectivity index (χ4n) is 1.13. The number of hydrogen-bond donors (Lipinski definition) is 2. The molecule has 1 aromatic heterocycles. The van der Waals surface area contributed by atoms with Crippen molar-refractivity contribution in [3.05, 3.63) is 17.3 Å². The number of pyridine rings is 1. The average Bonchev–Trinajstić information content (AvgIpc) is 2.16. The minimum absolute atomic E-state index is 0.321. The van der Waals surface area contributed by atoms with Gasteiger partial charge in [-0.25, -0.2) is 18.6 Å². The lowest BCUT2D eigenvalue weighted by Gasteiger charge is -2.11. The molecule has 0 fully saturated rings. The van der Waals surface area contributed by atoms with E-state index >= 15 is 0 Å². The highest BCUT2D eigenvalue weighted by atomic mass is 19.3. The molecule has 0 amide bonds. The molecule has 7 heteroatoms. The standard InChI is InChI=1S/C8H8F2N2O3/c1-15-7-5(6(9)10)4(8(13)14)3(11)2-12-7/h2,6H,11H2,1H3,(H,13,14). The van der Waals surface area contributed by atoms with E-state index in [9.17, 15) is 13.6 Å². The van der Waals surface area contributed by atoms with E-state index in [4.69, 9.17) is 10.8 Å². The van der Waals surface area contributed by atoms with Crippen LogP contribution >= 0.6 is 0 Å². The predicted molar refractivity (Wildman–Crippen MR) is 47.1 cm³/mol. The highest BCUT2D eigenvalue weighted by molar-refractivity contribution is 5.95. The van der Waals surface area contributed by atoms with Crippen LogP contribution in [0.25, 0.3) is 0 Å². The van der Waals surface area contributed by atoms with E-state index in [1.807, 2.05) is 0 Å². The van der Waals surface area contributed by atoms with Gasteiger partial charge in [-0.3, -0.25) is 0 Å². The van der Waals surface area contributed by atoms with Crippen molar-refractivity contribution in [1.82, 2.24) is 4.98 Å². The van der Waals surface area contributed by atoms with Gasteiger partial charge in [0.1, 0.15) is 0 Å². The molecule has 3 N–H and O–H groups in total. The Morgan fingerprint density at radius 2 is 2.27 bits per heavy atom. The number of methoxy groups -OCH3 is 1. The van der Waals surface area contributed by atoms with Gasteiger partial charge < -0.3 is 15.6 Å². The van der Waals surface area contributed by atoms with Gasteiger partial charge in [0.15, 0.2) is 0 Å². The summed E-state index contributed by atoms with van der Waals surface area (Å²) in [6.07, 6.45) is -2.05. The molecule has 0 aliphatic rings. The van der Waals surface area contributed by atoms with Crippen LogP contribution in [0.4, 0.5) is 14.5 Å². The molecule has 0 spiro atoms. The molecule has 0 saturated heterocycles. The van der Waals surface area contributed by atoms with Gasteiger partial charge in [-0.05, 0) is 0 Å². The fourth-order valence-corrected chi connectivity index (χ4v) is 1.13. The van der Waals surface area contributed by atoms with E-state index in [2.05, 4.69) is 9.72 Å². The normalized spacial score (nSPS) is 10.4. The number of ether oxygens (including phenoxy) is 1. The molecule has 82 valence electrons. The first-order valence-corrected chi connectivity index (χ1v) is 3.82. The maximum absolute atomic E-state index is 12.6. The van der Waals surface area contributed by atoms with Gasteiger partial charge in [0.05, 0.1) is 30.1 Å². The maximum Gasteiger partial charge on any atom is 0.338 e. The number of anilines is 1. The van der Waals surface area contributed by atoms with Crippen LogP contribution in [0.15, 0.2) is 6.20 Å². The first-order chi connectivity index (χ1) is 6.99. The highest BCUT2D eigenvalue weighted by Crippen LogP contribution is 2.33. The number of aromatic nitrogens is 1. The Balaban J connectivity index is 3.51. The van der Waals surface area contributed by atoms with Crippen LogP contribution in [0.1, 0.15) is 22.3 Å². The van der Waals surface area contributed by atoms with E-state index in [0.29, 0.717) is 0 Å². The summed E-state index contributed by atoms with van der Waals surface area (Å²) in [5.41, 5.74) is 3.46. The first-order valence-electron chi connectivity index (χ1n) is 3.82. The van der Waals surface area contributed by atoms with Gasteiger partial charge in [-0.2, -0.15) is 0 Å². The van der Waals surface area contributed by atoms with Crippen molar-refractivity contribution in [2.75, 3.05) is 12.8 Å². The van der Waals surface area contributed by atoms with E-state index in [-0.39, 0.29) is 5.69 Å². The Kier molecular flexibility index (Phi) is 3.03. The summed E-state index contributed by atoms with van der Waals surface area (Å²) in [7, 11) is 1.12. The largest absolute Gasteiger partial charge is 0.481 e. The molecular formula is C8H8F2N2O3. The molecule has 0 aliphatic heterocycles. The molecule has 1 rings (SSSR count). The number of nitrogens with zero attached hydrogens (tertiary/aromatic N) is 1. The molecule has 1 aromatic rings. The lowest BCUT2D eigenvalue weighted by atomic mass is 10.1. The molecule has 1 heterocycles. The Morgan fingerprint density at radius 3 is 2.67 bits per heavy atom. The second-order valence-corrected chi connectivity index (χ2v) is 2.62. The van der Waals surface area contributed by atoms with Crippen LogP contribution < -0.4 is 10.5 Å². The predicted octanol–water partition coefficient (Wildman–Crippen LogP) is 1.31. The van der Waals surface area contributed by atoms with Gasteiger partial charge in [0.25, 0.3) is 6.43 Å². The number of rotatable bonds is 3. The lowest BCUT2D eigenvalue weighted by molar-refractivity contribution is 0.0683. The van der Waals surface area contributed by atoms with Crippen LogP contribution in [-0.2, 0) is 0 Å². The van der Waals surface area contributed by atoms with Crippen molar-refractivity contribution < 1.29 is 23.4 Å². The second-order valence-electron chi connectivity index (χ2n) is 2.62. The third-order valence-corrected chi connectivity index (χ3v) is 1.73. The Hall–Kier alpha value is -1.92. The molecule has 0 radical (unpaired) electrons. The average molecular weight is 218 g/mol. The number of nitrogen functional groups attached to an aromatic ring is 1. The van der Waals surface area contributed by atoms with Crippen molar-refractivity contribution in [1.29, 1.82) is 0 Å². The molecule has 15 heavy (non-hydrogen) atoms. The third kappa shape index (κ3) is 1.95. The van der Waals surface area contributed by atoms with E-state index in [1.54, 1.807) is 0 Å². The zero-order valence-corrected chi connectivity index (χ0v) is 7.70. The molecule has 0 unspecified atom stereocenters. The summed E-state index contributed by atoms with van der Waals surface area (Å²) in [6.45, 7) is 0. The van der Waals surface area contributed by atoms with Gasteiger partial charge >= 0.3 is 5.97 Å². The fraction of sp³-hybridized carbons (Fsp3) is 0.250. The SMILES string of the molecule is COc1ncc(N)c(C(=O)O)c1C(F)F. The summed E-state index contributed by atoms with van der Waals surface area (Å²) in [4.78, 5) is 14.2. The molecule has 0 atom stereocenters. The maximum atomic E-state index is 12.6. The Bertz CT molecular complexity index is 396. The van der Waals surface area contributed by atoms with Crippen LogP contribution in [-0.4, -0.2) is 23.2 Å².